The third kappa shape index (κ3) is 7.71. The summed E-state index contributed by atoms with van der Waals surface area (Å²) in [6, 6.07) is 20.2. The molecular weight excluding hydrogens is 568 g/mol. The first-order chi connectivity index (χ1) is 18.3. The Morgan fingerprint density at radius 1 is 0.974 bits per heavy atom. The zero-order valence-corrected chi connectivity index (χ0v) is 23.6. The molecule has 3 aromatic rings. The zero-order valence-electron chi connectivity index (χ0n) is 20.6. The number of benzene rings is 3. The lowest BCUT2D eigenvalue weighted by Gasteiger charge is -2.31. The van der Waals surface area contributed by atoms with E-state index in [4.69, 9.17) is 55.9 Å². The van der Waals surface area contributed by atoms with Crippen LogP contribution in [0.1, 0.15) is 22.8 Å². The molecule has 2 unspecified atom stereocenters. The molecule has 0 saturated heterocycles. The summed E-state index contributed by atoms with van der Waals surface area (Å²) < 4.78 is 11.5. The van der Waals surface area contributed by atoms with Crippen molar-refractivity contribution >= 4 is 52.3 Å². The lowest BCUT2D eigenvalue weighted by molar-refractivity contribution is -0.122. The predicted molar refractivity (Wildman–Crippen MR) is 152 cm³/mol. The van der Waals surface area contributed by atoms with Gasteiger partial charge in [0.2, 0.25) is 5.91 Å². The molecule has 6 nitrogen and oxygen atoms in total. The molecule has 38 heavy (non-hydrogen) atoms. The van der Waals surface area contributed by atoms with Crippen molar-refractivity contribution in [1.29, 1.82) is 0 Å². The minimum absolute atomic E-state index is 0.0960. The van der Waals surface area contributed by atoms with Gasteiger partial charge in [-0.1, -0.05) is 76.7 Å². The van der Waals surface area contributed by atoms with E-state index in [0.717, 1.165) is 22.4 Å². The lowest BCUT2D eigenvalue weighted by Crippen LogP contribution is -2.39. The summed E-state index contributed by atoms with van der Waals surface area (Å²) in [6.45, 7) is 1.29. The number of ether oxygens (including phenoxy) is 2. The van der Waals surface area contributed by atoms with E-state index in [1.54, 1.807) is 31.4 Å². The maximum atomic E-state index is 12.6. The fraction of sp³-hybridized carbons (Fsp3) is 0.250. The molecule has 0 fully saturated rings. The molecule has 4 rings (SSSR count). The van der Waals surface area contributed by atoms with E-state index >= 15 is 0 Å². The van der Waals surface area contributed by atoms with Crippen molar-refractivity contribution in [3.8, 4) is 5.75 Å². The molecule has 0 aromatic heterocycles. The molecule has 0 radical (unpaired) electrons. The number of nitrogens with zero attached hydrogens (tertiary/aromatic N) is 2. The number of methoxy groups -OCH3 is 1. The van der Waals surface area contributed by atoms with Gasteiger partial charge in [-0.05, 0) is 53.1 Å². The van der Waals surface area contributed by atoms with Crippen molar-refractivity contribution in [2.75, 3.05) is 20.3 Å². The maximum Gasteiger partial charge on any atom is 0.239 e. The Hall–Kier alpha value is -2.61. The molecule has 200 valence electrons. The predicted octanol–water partition coefficient (Wildman–Crippen LogP) is 6.84. The molecule has 1 heterocycles. The molecule has 1 amide bonds. The molecule has 3 aromatic carbocycles. The Morgan fingerprint density at radius 3 is 2.37 bits per heavy atom. The highest BCUT2D eigenvalue weighted by Gasteiger charge is 2.30. The van der Waals surface area contributed by atoms with Crippen molar-refractivity contribution in [2.24, 2.45) is 0 Å². The highest BCUT2D eigenvalue weighted by Crippen LogP contribution is 2.32. The number of halogens is 4. The smallest absolute Gasteiger partial charge is 0.239 e. The number of carbonyl (C=O) groups excluding carboxylic acids is 1. The van der Waals surface area contributed by atoms with Gasteiger partial charge in [0.05, 0.1) is 26.9 Å². The van der Waals surface area contributed by atoms with E-state index < -0.39 is 11.6 Å². The number of rotatable bonds is 11. The fourth-order valence-corrected chi connectivity index (χ4v) is 4.84. The highest BCUT2D eigenvalue weighted by molar-refractivity contribution is 6.35. The van der Waals surface area contributed by atoms with Crippen LogP contribution in [0.25, 0.3) is 0 Å². The molecule has 1 aliphatic rings. The Balaban J connectivity index is 1.35. The quantitative estimate of drug-likeness (QED) is 0.194. The Morgan fingerprint density at radius 2 is 1.68 bits per heavy atom. The van der Waals surface area contributed by atoms with Crippen molar-refractivity contribution in [1.82, 2.24) is 15.1 Å². The molecule has 1 N–H and O–H groups in total. The largest absolute Gasteiger partial charge is 0.497 e. The van der Waals surface area contributed by atoms with Crippen LogP contribution in [-0.4, -0.2) is 41.5 Å². The summed E-state index contributed by atoms with van der Waals surface area (Å²) in [5.74, 6) is 0.677. The van der Waals surface area contributed by atoms with Crippen molar-refractivity contribution in [3.05, 3.63) is 111 Å². The number of nitrogens with one attached hydrogen (secondary N) is 1. The monoisotopic (exact) mass is 593 g/mol. The van der Waals surface area contributed by atoms with Gasteiger partial charge in [-0.3, -0.25) is 4.79 Å². The lowest BCUT2D eigenvalue weighted by atomic mass is 10.1. The summed E-state index contributed by atoms with van der Waals surface area (Å²) in [6.07, 6.45) is 3.20. The van der Waals surface area contributed by atoms with Crippen molar-refractivity contribution in [3.63, 3.8) is 0 Å². The number of amides is 1. The molecule has 0 aliphatic carbocycles. The second-order valence-electron chi connectivity index (χ2n) is 8.72. The van der Waals surface area contributed by atoms with Gasteiger partial charge in [0, 0.05) is 34.0 Å². The maximum absolute atomic E-state index is 12.6. The van der Waals surface area contributed by atoms with Crippen LogP contribution in [0.5, 0.6) is 5.75 Å². The number of hydrogen-bond donors (Lipinski definition) is 1. The number of carbonyl (C=O) groups is 1. The van der Waals surface area contributed by atoms with E-state index in [-0.39, 0.29) is 19.1 Å². The Bertz CT molecular complexity index is 1260. The zero-order chi connectivity index (χ0) is 27.1. The summed E-state index contributed by atoms with van der Waals surface area (Å²) in [5, 5.41) is 4.63. The average Bonchev–Trinajstić information content (AvgIpc) is 3.38. The van der Waals surface area contributed by atoms with E-state index in [1.807, 2.05) is 64.7 Å². The molecule has 2 atom stereocenters. The molecule has 0 spiro atoms. The normalized spacial score (nSPS) is 14.4. The number of alkyl halides is 1. The Kier molecular flexibility index (Phi) is 10.1. The van der Waals surface area contributed by atoms with Crippen molar-refractivity contribution < 1.29 is 14.3 Å². The SMILES string of the molecule is COc1ccc(CNC(=O)CN2C=CN(C(Cl)C(OCc3ccc(Cl)cc3Cl)c3ccc(Cl)cc3)C2)cc1. The summed E-state index contributed by atoms with van der Waals surface area (Å²) >= 11 is 25.4. The topological polar surface area (TPSA) is 54.0 Å². The van der Waals surface area contributed by atoms with Crippen LogP contribution in [-0.2, 0) is 22.7 Å². The second kappa shape index (κ2) is 13.5. The van der Waals surface area contributed by atoms with E-state index in [1.165, 1.54) is 0 Å². The minimum atomic E-state index is -0.564. The third-order valence-corrected chi connectivity index (χ3v) is 7.33. The van der Waals surface area contributed by atoms with Crippen LogP contribution in [0.2, 0.25) is 15.1 Å². The van der Waals surface area contributed by atoms with Gasteiger partial charge >= 0.3 is 0 Å². The Labute approximate surface area is 242 Å². The van der Waals surface area contributed by atoms with Crippen LogP contribution >= 0.6 is 46.4 Å². The van der Waals surface area contributed by atoms with Crippen LogP contribution in [0.4, 0.5) is 0 Å². The van der Waals surface area contributed by atoms with E-state index in [9.17, 15) is 4.79 Å². The van der Waals surface area contributed by atoms with Crippen LogP contribution in [0, 0.1) is 0 Å². The van der Waals surface area contributed by atoms with Crippen LogP contribution < -0.4 is 10.1 Å². The van der Waals surface area contributed by atoms with Gasteiger partial charge < -0.3 is 24.6 Å². The van der Waals surface area contributed by atoms with Gasteiger partial charge in [-0.2, -0.15) is 0 Å². The fourth-order valence-electron chi connectivity index (χ4n) is 3.91. The number of hydrogen-bond acceptors (Lipinski definition) is 5. The minimum Gasteiger partial charge on any atom is -0.497 e. The van der Waals surface area contributed by atoms with Crippen molar-refractivity contribution in [2.45, 2.75) is 24.8 Å². The van der Waals surface area contributed by atoms with Crippen LogP contribution in [0.3, 0.4) is 0 Å². The highest BCUT2D eigenvalue weighted by atomic mass is 35.5. The first kappa shape index (κ1) is 28.4. The molecular formula is C28H27Cl4N3O3. The first-order valence-corrected chi connectivity index (χ1v) is 13.4. The van der Waals surface area contributed by atoms with Gasteiger partial charge in [0.25, 0.3) is 0 Å². The van der Waals surface area contributed by atoms with E-state index in [0.29, 0.717) is 28.3 Å². The van der Waals surface area contributed by atoms with Gasteiger partial charge in [-0.15, -0.1) is 0 Å². The molecule has 1 aliphatic heterocycles. The third-order valence-electron chi connectivity index (χ3n) is 6.01. The average molecular weight is 595 g/mol. The summed E-state index contributed by atoms with van der Waals surface area (Å²) in [7, 11) is 1.62. The molecule has 10 heteroatoms. The van der Waals surface area contributed by atoms with Crippen LogP contribution in [0.15, 0.2) is 79.1 Å². The summed E-state index contributed by atoms with van der Waals surface area (Å²) in [5.41, 5.74) is 2.09. The molecule has 0 bridgehead atoms. The summed E-state index contributed by atoms with van der Waals surface area (Å²) in [4.78, 5) is 16.4. The standard InChI is InChI=1S/C28H27Cl4N3O3/c1-37-24-10-2-19(3-11-24)15-33-26(36)16-34-12-13-35(18-34)28(32)27(20-4-7-22(29)8-5-20)38-17-21-6-9-23(30)14-25(21)31/h2-14,27-28H,15-18H2,1H3,(H,33,36). The first-order valence-electron chi connectivity index (χ1n) is 11.8. The van der Waals surface area contributed by atoms with Gasteiger partial charge in [0.15, 0.2) is 0 Å². The van der Waals surface area contributed by atoms with E-state index in [2.05, 4.69) is 5.32 Å². The van der Waals surface area contributed by atoms with Gasteiger partial charge in [0.1, 0.15) is 17.4 Å². The van der Waals surface area contributed by atoms with Gasteiger partial charge in [-0.25, -0.2) is 0 Å². The second-order valence-corrected chi connectivity index (χ2v) is 10.4. The molecule has 0 saturated carbocycles.